The number of nitrogens with zero attached hydrogens (tertiary/aromatic N) is 1. The Morgan fingerprint density at radius 3 is 2.67 bits per heavy atom. The van der Waals surface area contributed by atoms with E-state index in [1.807, 2.05) is 6.92 Å². The van der Waals surface area contributed by atoms with Crippen LogP contribution in [-0.2, 0) is 0 Å². The van der Waals surface area contributed by atoms with Crippen LogP contribution in [0.25, 0.3) is 0 Å². The molecule has 0 saturated heterocycles. The molecule has 0 atom stereocenters. The Morgan fingerprint density at radius 2 is 2.13 bits per heavy atom. The average molecular weight is 247 g/mol. The van der Waals surface area contributed by atoms with Crippen molar-refractivity contribution < 1.29 is 0 Å². The van der Waals surface area contributed by atoms with Crippen LogP contribution >= 0.6 is 23.2 Å². The quantitative estimate of drug-likeness (QED) is 0.325. The first-order valence-corrected chi connectivity index (χ1v) is 5.16. The molecule has 6 heteroatoms. The number of aliphatic imine (C=N–C) groups is 1. The van der Waals surface area contributed by atoms with Crippen molar-refractivity contribution in [3.05, 3.63) is 28.2 Å². The standard InChI is InChI=1S/C9H12Cl2N4/c1-2-13-9(15-12)14-6-3-4-7(10)8(11)5-6/h3-5H,2,12H2,1H3,(H2,13,14,15). The number of halogens is 2. The minimum Gasteiger partial charge on any atom is -0.325 e. The van der Waals surface area contributed by atoms with Crippen LogP contribution in [0.3, 0.4) is 0 Å². The Hall–Kier alpha value is -0.970. The molecule has 1 rings (SSSR count). The zero-order chi connectivity index (χ0) is 11.3. The molecule has 0 saturated carbocycles. The highest BCUT2D eigenvalue weighted by Gasteiger charge is 2.01. The summed E-state index contributed by atoms with van der Waals surface area (Å²) in [7, 11) is 0. The molecule has 1 aromatic carbocycles. The van der Waals surface area contributed by atoms with Crippen molar-refractivity contribution in [1.29, 1.82) is 0 Å². The molecule has 0 aromatic heterocycles. The Labute approximate surface area is 98.4 Å². The van der Waals surface area contributed by atoms with Gasteiger partial charge in [-0.1, -0.05) is 23.2 Å². The number of hydrogen-bond donors (Lipinski definition) is 3. The molecule has 0 aliphatic rings. The zero-order valence-corrected chi connectivity index (χ0v) is 9.73. The van der Waals surface area contributed by atoms with Crippen LogP contribution in [0.2, 0.25) is 10.0 Å². The van der Waals surface area contributed by atoms with Gasteiger partial charge >= 0.3 is 0 Å². The molecule has 0 bridgehead atoms. The monoisotopic (exact) mass is 246 g/mol. The van der Waals surface area contributed by atoms with E-state index in [2.05, 4.69) is 15.7 Å². The van der Waals surface area contributed by atoms with Crippen molar-refractivity contribution in [3.63, 3.8) is 0 Å². The SMILES string of the molecule is CCN=C(NN)Nc1ccc(Cl)c(Cl)c1. The fourth-order valence-corrected chi connectivity index (χ4v) is 1.29. The molecule has 1 aromatic rings. The maximum absolute atomic E-state index is 5.85. The Morgan fingerprint density at radius 1 is 1.40 bits per heavy atom. The molecule has 82 valence electrons. The first-order valence-electron chi connectivity index (χ1n) is 4.40. The van der Waals surface area contributed by atoms with Crippen molar-refractivity contribution >= 4 is 34.8 Å². The van der Waals surface area contributed by atoms with Crippen LogP contribution in [0.4, 0.5) is 5.69 Å². The molecule has 0 heterocycles. The molecule has 4 N–H and O–H groups in total. The highest BCUT2D eigenvalue weighted by molar-refractivity contribution is 6.42. The van der Waals surface area contributed by atoms with E-state index in [0.717, 1.165) is 5.69 Å². The number of guanidine groups is 1. The van der Waals surface area contributed by atoms with Crippen LogP contribution in [0, 0.1) is 0 Å². The summed E-state index contributed by atoms with van der Waals surface area (Å²) in [5, 5.41) is 3.96. The second-order valence-corrected chi connectivity index (χ2v) is 3.54. The maximum Gasteiger partial charge on any atom is 0.210 e. The lowest BCUT2D eigenvalue weighted by Crippen LogP contribution is -2.36. The van der Waals surface area contributed by atoms with Crippen LogP contribution in [0.15, 0.2) is 23.2 Å². The summed E-state index contributed by atoms with van der Waals surface area (Å²) in [4.78, 5) is 4.08. The van der Waals surface area contributed by atoms with Crippen molar-refractivity contribution in [2.24, 2.45) is 10.8 Å². The van der Waals surface area contributed by atoms with Crippen LogP contribution < -0.4 is 16.6 Å². The summed E-state index contributed by atoms with van der Waals surface area (Å²) in [5.74, 6) is 5.75. The van der Waals surface area contributed by atoms with Crippen LogP contribution in [0.1, 0.15) is 6.92 Å². The Balaban J connectivity index is 2.80. The largest absolute Gasteiger partial charge is 0.325 e. The number of hydrogen-bond acceptors (Lipinski definition) is 2. The maximum atomic E-state index is 5.85. The van der Waals surface area contributed by atoms with Crippen molar-refractivity contribution in [3.8, 4) is 0 Å². The van der Waals surface area contributed by atoms with Gasteiger partial charge in [0, 0.05) is 12.2 Å². The van der Waals surface area contributed by atoms with Gasteiger partial charge in [0.05, 0.1) is 10.0 Å². The lowest BCUT2D eigenvalue weighted by molar-refractivity contribution is 0.986. The molecule has 0 aliphatic heterocycles. The van der Waals surface area contributed by atoms with E-state index in [0.29, 0.717) is 22.5 Å². The molecule has 0 unspecified atom stereocenters. The average Bonchev–Trinajstić information content (AvgIpc) is 2.23. The normalized spacial score (nSPS) is 11.3. The molecule has 0 spiro atoms. The van der Waals surface area contributed by atoms with Crippen LogP contribution in [0.5, 0.6) is 0 Å². The second kappa shape index (κ2) is 5.80. The van der Waals surface area contributed by atoms with Crippen molar-refractivity contribution in [2.75, 3.05) is 11.9 Å². The van der Waals surface area contributed by atoms with Gasteiger partial charge in [-0.3, -0.25) is 10.4 Å². The molecule has 4 nitrogen and oxygen atoms in total. The fourth-order valence-electron chi connectivity index (χ4n) is 0.990. The first kappa shape index (κ1) is 12.1. The van der Waals surface area contributed by atoms with Crippen LogP contribution in [-0.4, -0.2) is 12.5 Å². The summed E-state index contributed by atoms with van der Waals surface area (Å²) in [6.45, 7) is 2.54. The zero-order valence-electron chi connectivity index (χ0n) is 8.22. The smallest absolute Gasteiger partial charge is 0.210 e. The number of benzene rings is 1. The summed E-state index contributed by atoms with van der Waals surface area (Å²) in [6.07, 6.45) is 0. The van der Waals surface area contributed by atoms with E-state index in [4.69, 9.17) is 29.0 Å². The van der Waals surface area contributed by atoms with E-state index >= 15 is 0 Å². The third-order valence-corrected chi connectivity index (χ3v) is 2.37. The highest BCUT2D eigenvalue weighted by atomic mass is 35.5. The first-order chi connectivity index (χ1) is 7.17. The minimum atomic E-state index is 0.481. The molecular formula is C9H12Cl2N4. The van der Waals surface area contributed by atoms with Gasteiger partial charge in [0.1, 0.15) is 0 Å². The number of hydrazine groups is 1. The van der Waals surface area contributed by atoms with Gasteiger partial charge in [0.15, 0.2) is 0 Å². The third-order valence-electron chi connectivity index (χ3n) is 1.64. The topological polar surface area (TPSA) is 62.4 Å². The van der Waals surface area contributed by atoms with Gasteiger partial charge in [-0.25, -0.2) is 5.84 Å². The summed E-state index contributed by atoms with van der Waals surface area (Å²) >= 11 is 11.6. The number of nitrogens with two attached hydrogens (primary N) is 1. The van der Waals surface area contributed by atoms with Gasteiger partial charge in [-0.05, 0) is 25.1 Å². The van der Waals surface area contributed by atoms with E-state index in [-0.39, 0.29) is 0 Å². The van der Waals surface area contributed by atoms with Crippen molar-refractivity contribution in [1.82, 2.24) is 5.43 Å². The molecule has 0 fully saturated rings. The van der Waals surface area contributed by atoms with Gasteiger partial charge in [0.25, 0.3) is 0 Å². The van der Waals surface area contributed by atoms with Gasteiger partial charge in [0.2, 0.25) is 5.96 Å². The lowest BCUT2D eigenvalue weighted by Gasteiger charge is -2.09. The number of anilines is 1. The summed E-state index contributed by atoms with van der Waals surface area (Å²) < 4.78 is 0. The van der Waals surface area contributed by atoms with E-state index < -0.39 is 0 Å². The molecule has 0 aliphatic carbocycles. The Kier molecular flexibility index (Phi) is 4.68. The van der Waals surface area contributed by atoms with Gasteiger partial charge in [-0.2, -0.15) is 0 Å². The van der Waals surface area contributed by atoms with Crippen molar-refractivity contribution in [2.45, 2.75) is 6.92 Å². The molecule has 0 amide bonds. The van der Waals surface area contributed by atoms with E-state index in [1.54, 1.807) is 18.2 Å². The molecule has 15 heavy (non-hydrogen) atoms. The van der Waals surface area contributed by atoms with Gasteiger partial charge < -0.3 is 5.32 Å². The predicted octanol–water partition coefficient (Wildman–Crippen LogP) is 2.24. The lowest BCUT2D eigenvalue weighted by atomic mass is 10.3. The molecule has 0 radical (unpaired) electrons. The number of rotatable bonds is 2. The second-order valence-electron chi connectivity index (χ2n) is 2.72. The predicted molar refractivity (Wildman–Crippen MR) is 65.4 cm³/mol. The number of nitrogens with one attached hydrogen (secondary N) is 2. The Bertz CT molecular complexity index is 365. The van der Waals surface area contributed by atoms with Gasteiger partial charge in [-0.15, -0.1) is 0 Å². The highest BCUT2D eigenvalue weighted by Crippen LogP contribution is 2.24. The third kappa shape index (κ3) is 3.58. The van der Waals surface area contributed by atoms with E-state index in [9.17, 15) is 0 Å². The van der Waals surface area contributed by atoms with E-state index in [1.165, 1.54) is 0 Å². The minimum absolute atomic E-state index is 0.481. The summed E-state index contributed by atoms with van der Waals surface area (Å²) in [5.41, 5.74) is 3.22. The fraction of sp³-hybridized carbons (Fsp3) is 0.222. The summed E-state index contributed by atoms with van der Waals surface area (Å²) in [6, 6.07) is 5.19. The molecular weight excluding hydrogens is 235 g/mol.